The number of rotatable bonds is 4. The highest BCUT2D eigenvalue weighted by atomic mass is 16.6. The number of nitro groups is 1. The normalized spacial score (nSPS) is 14.1. The van der Waals surface area contributed by atoms with Crippen molar-refractivity contribution in [1.82, 2.24) is 19.4 Å². The number of aromatic nitrogens is 3. The van der Waals surface area contributed by atoms with Gasteiger partial charge in [0.2, 0.25) is 0 Å². The third-order valence-corrected chi connectivity index (χ3v) is 5.37. The van der Waals surface area contributed by atoms with E-state index in [0.717, 1.165) is 17.2 Å². The van der Waals surface area contributed by atoms with Crippen LogP contribution in [0, 0.1) is 24.0 Å². The number of aryl methyl sites for hydroxylation is 1. The first-order valence-corrected chi connectivity index (χ1v) is 9.70. The number of piperazine rings is 1. The van der Waals surface area contributed by atoms with E-state index in [1.54, 1.807) is 12.3 Å². The van der Waals surface area contributed by atoms with Crippen LogP contribution in [-0.4, -0.2) is 56.4 Å². The molecule has 4 heterocycles. The van der Waals surface area contributed by atoms with Crippen molar-refractivity contribution < 1.29 is 9.72 Å². The molecule has 0 atom stereocenters. The Bertz CT molecular complexity index is 1070. The summed E-state index contributed by atoms with van der Waals surface area (Å²) in [6.07, 6.45) is 3.00. The Morgan fingerprint density at radius 1 is 1.03 bits per heavy atom. The van der Waals surface area contributed by atoms with Gasteiger partial charge in [0.15, 0.2) is 0 Å². The van der Waals surface area contributed by atoms with Crippen LogP contribution in [0.4, 0.5) is 11.5 Å². The van der Waals surface area contributed by atoms with Crippen molar-refractivity contribution in [3.8, 4) is 5.82 Å². The minimum Gasteiger partial charge on any atom is -0.353 e. The van der Waals surface area contributed by atoms with Gasteiger partial charge in [0.05, 0.1) is 10.5 Å². The first kappa shape index (κ1) is 19.6. The zero-order valence-electron chi connectivity index (χ0n) is 16.9. The lowest BCUT2D eigenvalue weighted by Gasteiger charge is -2.35. The molecule has 1 aliphatic rings. The molecule has 0 aromatic carbocycles. The minimum atomic E-state index is -0.463. The lowest BCUT2D eigenvalue weighted by Crippen LogP contribution is -2.49. The monoisotopic (exact) mass is 406 g/mol. The van der Waals surface area contributed by atoms with Crippen LogP contribution < -0.4 is 4.90 Å². The molecule has 154 valence electrons. The summed E-state index contributed by atoms with van der Waals surface area (Å²) in [4.78, 5) is 35.9. The molecule has 0 aliphatic carbocycles. The molecule has 9 heteroatoms. The molecular weight excluding hydrogens is 384 g/mol. The van der Waals surface area contributed by atoms with Crippen LogP contribution in [0.15, 0.2) is 48.8 Å². The fraction of sp³-hybridized carbons (Fsp3) is 0.286. The van der Waals surface area contributed by atoms with Crippen molar-refractivity contribution in [1.29, 1.82) is 0 Å². The van der Waals surface area contributed by atoms with Gasteiger partial charge in [0.1, 0.15) is 17.8 Å². The zero-order chi connectivity index (χ0) is 21.3. The number of hydrogen-bond acceptors (Lipinski definition) is 6. The second-order valence-electron chi connectivity index (χ2n) is 7.22. The zero-order valence-corrected chi connectivity index (χ0v) is 16.9. The van der Waals surface area contributed by atoms with Gasteiger partial charge in [0.25, 0.3) is 11.6 Å². The Labute approximate surface area is 173 Å². The average Bonchev–Trinajstić information content (AvgIpc) is 3.08. The lowest BCUT2D eigenvalue weighted by molar-refractivity contribution is -0.385. The number of pyridine rings is 2. The molecule has 30 heavy (non-hydrogen) atoms. The summed E-state index contributed by atoms with van der Waals surface area (Å²) < 4.78 is 1.99. The van der Waals surface area contributed by atoms with Crippen LogP contribution >= 0.6 is 0 Å². The standard InChI is InChI=1S/C21H22N6O3/c1-15-13-18(16(2)26(15)20-5-3-4-8-22-20)21(28)25-11-9-24(10-12-25)19-7-6-17(14-23-19)27(29)30/h3-8,13-14H,9-12H2,1-2H3. The summed E-state index contributed by atoms with van der Waals surface area (Å²) in [7, 11) is 0. The highest BCUT2D eigenvalue weighted by Gasteiger charge is 2.26. The summed E-state index contributed by atoms with van der Waals surface area (Å²) in [5.74, 6) is 1.48. The minimum absolute atomic E-state index is 0.00147. The molecule has 0 bridgehead atoms. The molecule has 1 aliphatic heterocycles. The van der Waals surface area contributed by atoms with Gasteiger partial charge in [-0.3, -0.25) is 14.9 Å². The SMILES string of the molecule is Cc1cc(C(=O)N2CCN(c3ccc([N+](=O)[O-])cn3)CC2)c(C)n1-c1ccccn1. The van der Waals surface area contributed by atoms with Gasteiger partial charge in [-0.25, -0.2) is 9.97 Å². The number of amides is 1. The van der Waals surface area contributed by atoms with Crippen LogP contribution in [0.25, 0.3) is 5.82 Å². The number of carbonyl (C=O) groups is 1. The molecule has 1 fully saturated rings. The number of nitrogens with zero attached hydrogens (tertiary/aromatic N) is 6. The Kier molecular flexibility index (Phi) is 5.18. The average molecular weight is 406 g/mol. The van der Waals surface area contributed by atoms with E-state index in [2.05, 4.69) is 9.97 Å². The maximum Gasteiger partial charge on any atom is 0.287 e. The lowest BCUT2D eigenvalue weighted by atomic mass is 10.2. The van der Waals surface area contributed by atoms with E-state index in [9.17, 15) is 14.9 Å². The third kappa shape index (κ3) is 3.61. The molecule has 4 rings (SSSR count). The third-order valence-electron chi connectivity index (χ3n) is 5.37. The molecule has 0 unspecified atom stereocenters. The number of carbonyl (C=O) groups excluding carboxylic acids is 1. The molecule has 0 N–H and O–H groups in total. The van der Waals surface area contributed by atoms with Crippen LogP contribution in [0.3, 0.4) is 0 Å². The maximum absolute atomic E-state index is 13.2. The maximum atomic E-state index is 13.2. The Hall–Kier alpha value is -3.75. The van der Waals surface area contributed by atoms with Gasteiger partial charge in [-0.2, -0.15) is 0 Å². The summed E-state index contributed by atoms with van der Waals surface area (Å²) >= 11 is 0. The molecule has 0 radical (unpaired) electrons. The van der Waals surface area contributed by atoms with Crippen molar-refractivity contribution in [2.45, 2.75) is 13.8 Å². The summed E-state index contributed by atoms with van der Waals surface area (Å²) in [6.45, 7) is 6.27. The van der Waals surface area contributed by atoms with E-state index < -0.39 is 4.92 Å². The fourth-order valence-electron chi connectivity index (χ4n) is 3.80. The predicted molar refractivity (Wildman–Crippen MR) is 112 cm³/mol. The van der Waals surface area contributed by atoms with Crippen molar-refractivity contribution in [3.63, 3.8) is 0 Å². The molecule has 3 aromatic rings. The highest BCUT2D eigenvalue weighted by molar-refractivity contribution is 5.96. The van der Waals surface area contributed by atoms with Gasteiger partial charge in [0, 0.05) is 49.8 Å². The summed E-state index contributed by atoms with van der Waals surface area (Å²) in [5, 5.41) is 10.8. The van der Waals surface area contributed by atoms with E-state index in [0.29, 0.717) is 37.6 Å². The Morgan fingerprint density at radius 2 is 1.80 bits per heavy atom. The van der Waals surface area contributed by atoms with Gasteiger partial charge < -0.3 is 14.4 Å². The molecule has 0 saturated carbocycles. The summed E-state index contributed by atoms with van der Waals surface area (Å²) in [5.41, 5.74) is 2.48. The molecule has 0 spiro atoms. The van der Waals surface area contributed by atoms with Gasteiger partial charge in [-0.1, -0.05) is 6.07 Å². The summed E-state index contributed by atoms with van der Waals surface area (Å²) in [6, 6.07) is 10.7. The molecule has 9 nitrogen and oxygen atoms in total. The Balaban J connectivity index is 1.47. The molecular formula is C21H22N6O3. The largest absolute Gasteiger partial charge is 0.353 e. The van der Waals surface area contributed by atoms with Crippen LogP contribution in [0.2, 0.25) is 0 Å². The quantitative estimate of drug-likeness (QED) is 0.488. The second-order valence-corrected chi connectivity index (χ2v) is 7.22. The predicted octanol–water partition coefficient (Wildman–Crippen LogP) is 2.75. The van der Waals surface area contributed by atoms with E-state index >= 15 is 0 Å². The van der Waals surface area contributed by atoms with E-state index in [-0.39, 0.29) is 11.6 Å². The smallest absolute Gasteiger partial charge is 0.287 e. The fourth-order valence-corrected chi connectivity index (χ4v) is 3.80. The van der Waals surface area contributed by atoms with Gasteiger partial charge >= 0.3 is 0 Å². The van der Waals surface area contributed by atoms with Crippen LogP contribution in [0.5, 0.6) is 0 Å². The number of hydrogen-bond donors (Lipinski definition) is 0. The first-order chi connectivity index (χ1) is 14.5. The van der Waals surface area contributed by atoms with E-state index in [1.165, 1.54) is 12.3 Å². The van der Waals surface area contributed by atoms with Crippen molar-refractivity contribution in [3.05, 3.63) is 75.9 Å². The van der Waals surface area contributed by atoms with E-state index in [1.807, 2.05) is 52.5 Å². The van der Waals surface area contributed by atoms with Crippen LogP contribution in [-0.2, 0) is 0 Å². The van der Waals surface area contributed by atoms with Crippen molar-refractivity contribution in [2.24, 2.45) is 0 Å². The highest BCUT2D eigenvalue weighted by Crippen LogP contribution is 2.22. The van der Waals surface area contributed by atoms with Gasteiger partial charge in [-0.05, 0) is 38.1 Å². The van der Waals surface area contributed by atoms with E-state index in [4.69, 9.17) is 0 Å². The van der Waals surface area contributed by atoms with Crippen molar-refractivity contribution >= 4 is 17.4 Å². The molecule has 3 aromatic heterocycles. The molecule has 1 amide bonds. The topological polar surface area (TPSA) is 97.4 Å². The van der Waals surface area contributed by atoms with Gasteiger partial charge in [-0.15, -0.1) is 0 Å². The number of anilines is 1. The first-order valence-electron chi connectivity index (χ1n) is 9.70. The Morgan fingerprint density at radius 3 is 2.40 bits per heavy atom. The van der Waals surface area contributed by atoms with Crippen molar-refractivity contribution in [2.75, 3.05) is 31.1 Å². The van der Waals surface area contributed by atoms with Crippen LogP contribution in [0.1, 0.15) is 21.7 Å². The molecule has 1 saturated heterocycles. The second kappa shape index (κ2) is 7.94.